The molecule has 2 N–H and O–H groups in total. The van der Waals surface area contributed by atoms with Crippen LogP contribution in [0, 0.1) is 0 Å². The Morgan fingerprint density at radius 1 is 1.57 bits per heavy atom. The Kier molecular flexibility index (Phi) is 7.84. The topological polar surface area (TPSA) is 50.4 Å². The van der Waals surface area contributed by atoms with Crippen LogP contribution in [0.2, 0.25) is 0 Å². The van der Waals surface area contributed by atoms with Crippen LogP contribution in [-0.4, -0.2) is 38.8 Å². The molecule has 0 unspecified atom stereocenters. The maximum Gasteiger partial charge on any atom is 0.237 e. The number of ether oxygens (including phenoxy) is 1. The Hall–Kier alpha value is -0.320. The summed E-state index contributed by atoms with van der Waals surface area (Å²) in [5.74, 6) is 0.108. The summed E-state index contributed by atoms with van der Waals surface area (Å²) in [6.45, 7) is 2.15. The molecule has 1 aliphatic heterocycles. The average Bonchev–Trinajstić information content (AvgIpc) is 2.19. The van der Waals surface area contributed by atoms with Crippen LogP contribution in [0.1, 0.15) is 19.3 Å². The predicted octanol–water partition coefficient (Wildman–Crippen LogP) is 0.313. The van der Waals surface area contributed by atoms with Crippen LogP contribution in [0.4, 0.5) is 0 Å². The van der Waals surface area contributed by atoms with Crippen molar-refractivity contribution in [3.63, 3.8) is 0 Å². The van der Waals surface area contributed by atoms with Gasteiger partial charge in [0.05, 0.1) is 12.6 Å². The summed E-state index contributed by atoms with van der Waals surface area (Å²) in [7, 11) is 1.63. The van der Waals surface area contributed by atoms with Gasteiger partial charge in [0.1, 0.15) is 0 Å². The number of amides is 1. The summed E-state index contributed by atoms with van der Waals surface area (Å²) in [4.78, 5) is 11.4. The van der Waals surface area contributed by atoms with Gasteiger partial charge in [-0.2, -0.15) is 0 Å². The van der Waals surface area contributed by atoms with Gasteiger partial charge in [-0.3, -0.25) is 4.79 Å². The lowest BCUT2D eigenvalue weighted by molar-refractivity contribution is -0.123. The van der Waals surface area contributed by atoms with E-state index in [9.17, 15) is 4.79 Å². The second-order valence-corrected chi connectivity index (χ2v) is 3.29. The molecule has 0 aromatic carbocycles. The van der Waals surface area contributed by atoms with E-state index < -0.39 is 0 Å². The number of rotatable bonds is 4. The minimum Gasteiger partial charge on any atom is -0.383 e. The van der Waals surface area contributed by atoms with Crippen LogP contribution in [0.5, 0.6) is 0 Å². The smallest absolute Gasteiger partial charge is 0.237 e. The van der Waals surface area contributed by atoms with E-state index in [0.29, 0.717) is 13.2 Å². The minimum atomic E-state index is 0. The summed E-state index contributed by atoms with van der Waals surface area (Å²) in [6.07, 6.45) is 3.29. The number of carbonyl (C=O) groups is 1. The first-order valence-electron chi connectivity index (χ1n) is 4.84. The van der Waals surface area contributed by atoms with Crippen LogP contribution >= 0.6 is 12.4 Å². The fraction of sp³-hybridized carbons (Fsp3) is 0.889. The van der Waals surface area contributed by atoms with Gasteiger partial charge in [0, 0.05) is 13.7 Å². The molecule has 0 aromatic rings. The molecule has 84 valence electrons. The second kappa shape index (κ2) is 8.03. The number of carbonyl (C=O) groups excluding carboxylic acids is 1. The summed E-state index contributed by atoms with van der Waals surface area (Å²) in [5.41, 5.74) is 0. The zero-order chi connectivity index (χ0) is 9.52. The Morgan fingerprint density at radius 2 is 2.36 bits per heavy atom. The molecule has 0 aromatic heterocycles. The fourth-order valence-electron chi connectivity index (χ4n) is 1.48. The first-order chi connectivity index (χ1) is 6.34. The molecule has 1 fully saturated rings. The number of hydrogen-bond donors (Lipinski definition) is 2. The lowest BCUT2D eigenvalue weighted by Crippen LogP contribution is -2.47. The first-order valence-corrected chi connectivity index (χ1v) is 4.84. The molecule has 1 amide bonds. The summed E-state index contributed by atoms with van der Waals surface area (Å²) in [6, 6.07) is 0.0191. The molecule has 1 atom stereocenters. The van der Waals surface area contributed by atoms with Gasteiger partial charge in [-0.1, -0.05) is 6.42 Å². The number of hydrogen-bond acceptors (Lipinski definition) is 3. The molecule has 1 saturated heterocycles. The highest BCUT2D eigenvalue weighted by molar-refractivity contribution is 5.85. The quantitative estimate of drug-likeness (QED) is 0.674. The Labute approximate surface area is 91.2 Å². The largest absolute Gasteiger partial charge is 0.383 e. The van der Waals surface area contributed by atoms with E-state index in [2.05, 4.69) is 10.6 Å². The third-order valence-electron chi connectivity index (χ3n) is 2.23. The lowest BCUT2D eigenvalue weighted by Gasteiger charge is -2.22. The lowest BCUT2D eigenvalue weighted by atomic mass is 10.0. The highest BCUT2D eigenvalue weighted by Gasteiger charge is 2.19. The van der Waals surface area contributed by atoms with Gasteiger partial charge in [0.2, 0.25) is 5.91 Å². The molecular weight excluding hydrogens is 204 g/mol. The molecular formula is C9H19ClN2O2. The van der Waals surface area contributed by atoms with Crippen LogP contribution in [0.15, 0.2) is 0 Å². The molecule has 1 aliphatic rings. The molecule has 0 aliphatic carbocycles. The van der Waals surface area contributed by atoms with Gasteiger partial charge in [0.15, 0.2) is 0 Å². The molecule has 1 rings (SSSR count). The maximum atomic E-state index is 11.4. The predicted molar refractivity (Wildman–Crippen MR) is 57.8 cm³/mol. The van der Waals surface area contributed by atoms with Gasteiger partial charge < -0.3 is 15.4 Å². The van der Waals surface area contributed by atoms with E-state index in [1.54, 1.807) is 7.11 Å². The van der Waals surface area contributed by atoms with Crippen molar-refractivity contribution in [2.45, 2.75) is 25.3 Å². The number of piperidine rings is 1. The van der Waals surface area contributed by atoms with Gasteiger partial charge in [-0.25, -0.2) is 0 Å². The molecule has 0 radical (unpaired) electrons. The zero-order valence-electron chi connectivity index (χ0n) is 8.54. The van der Waals surface area contributed by atoms with Crippen molar-refractivity contribution in [2.24, 2.45) is 0 Å². The summed E-state index contributed by atoms with van der Waals surface area (Å²) >= 11 is 0. The van der Waals surface area contributed by atoms with Crippen molar-refractivity contribution >= 4 is 18.3 Å². The van der Waals surface area contributed by atoms with Crippen LogP contribution in [0.25, 0.3) is 0 Å². The standard InChI is InChI=1S/C9H18N2O2.ClH/c1-13-7-6-11-9(12)8-4-2-3-5-10-8;/h8,10H,2-7H2,1H3,(H,11,12);1H/t8-;/m0./s1. The Morgan fingerprint density at radius 3 is 2.93 bits per heavy atom. The number of methoxy groups -OCH3 is 1. The zero-order valence-corrected chi connectivity index (χ0v) is 9.36. The van der Waals surface area contributed by atoms with Crippen molar-refractivity contribution in [1.29, 1.82) is 0 Å². The van der Waals surface area contributed by atoms with Crippen LogP contribution in [0.3, 0.4) is 0 Å². The van der Waals surface area contributed by atoms with Crippen LogP contribution < -0.4 is 10.6 Å². The van der Waals surface area contributed by atoms with Gasteiger partial charge in [-0.15, -0.1) is 12.4 Å². The van der Waals surface area contributed by atoms with Crippen molar-refractivity contribution in [1.82, 2.24) is 10.6 Å². The highest BCUT2D eigenvalue weighted by Crippen LogP contribution is 2.06. The molecule has 14 heavy (non-hydrogen) atoms. The molecule has 4 nitrogen and oxygen atoms in total. The van der Waals surface area contributed by atoms with E-state index in [1.165, 1.54) is 6.42 Å². The third kappa shape index (κ3) is 4.79. The highest BCUT2D eigenvalue weighted by atomic mass is 35.5. The Bertz CT molecular complexity index is 161. The van der Waals surface area contributed by atoms with Gasteiger partial charge in [0.25, 0.3) is 0 Å². The SMILES string of the molecule is COCCNC(=O)[C@@H]1CCCCN1.Cl. The fourth-order valence-corrected chi connectivity index (χ4v) is 1.48. The van der Waals surface area contributed by atoms with Crippen molar-refractivity contribution < 1.29 is 9.53 Å². The molecule has 0 bridgehead atoms. The molecule has 1 heterocycles. The van der Waals surface area contributed by atoms with E-state index in [4.69, 9.17) is 4.74 Å². The van der Waals surface area contributed by atoms with E-state index in [0.717, 1.165) is 19.4 Å². The van der Waals surface area contributed by atoms with Crippen molar-refractivity contribution in [2.75, 3.05) is 26.8 Å². The third-order valence-corrected chi connectivity index (χ3v) is 2.23. The minimum absolute atomic E-state index is 0. The van der Waals surface area contributed by atoms with Gasteiger partial charge >= 0.3 is 0 Å². The van der Waals surface area contributed by atoms with Crippen molar-refractivity contribution in [3.8, 4) is 0 Å². The molecule has 0 saturated carbocycles. The van der Waals surface area contributed by atoms with E-state index in [1.807, 2.05) is 0 Å². The number of halogens is 1. The summed E-state index contributed by atoms with van der Waals surface area (Å²) in [5, 5.41) is 6.02. The molecule has 5 heteroatoms. The number of nitrogens with one attached hydrogen (secondary N) is 2. The summed E-state index contributed by atoms with van der Waals surface area (Å²) < 4.78 is 4.84. The van der Waals surface area contributed by atoms with E-state index in [-0.39, 0.29) is 24.4 Å². The normalized spacial score (nSPS) is 21.1. The average molecular weight is 223 g/mol. The maximum absolute atomic E-state index is 11.4. The second-order valence-electron chi connectivity index (χ2n) is 3.29. The van der Waals surface area contributed by atoms with E-state index >= 15 is 0 Å². The molecule has 0 spiro atoms. The monoisotopic (exact) mass is 222 g/mol. The van der Waals surface area contributed by atoms with Crippen LogP contribution in [-0.2, 0) is 9.53 Å². The van der Waals surface area contributed by atoms with Crippen molar-refractivity contribution in [3.05, 3.63) is 0 Å². The Balaban J connectivity index is 0.00000169. The first kappa shape index (κ1) is 13.7. The van der Waals surface area contributed by atoms with Gasteiger partial charge in [-0.05, 0) is 19.4 Å².